The molecule has 2 aromatic rings. The molecule has 0 fully saturated rings. The maximum absolute atomic E-state index is 12.5. The van der Waals surface area contributed by atoms with Crippen LogP contribution in [0, 0.1) is 0 Å². The Hall–Kier alpha value is -1.24. The highest BCUT2D eigenvalue weighted by atomic mass is 35.5. The molecule has 1 N–H and O–H groups in total. The maximum Gasteiger partial charge on any atom is 0.433 e. The minimum Gasteiger partial charge on any atom is -0.384 e. The molecule has 0 spiro atoms. The number of thioether (sulfide) groups is 1. The van der Waals surface area contributed by atoms with Crippen molar-refractivity contribution in [3.63, 3.8) is 0 Å². The molecular formula is C14H11ClF3NOS. The van der Waals surface area contributed by atoms with Gasteiger partial charge in [0.1, 0.15) is 17.0 Å². The van der Waals surface area contributed by atoms with Crippen LogP contribution in [0.3, 0.4) is 0 Å². The van der Waals surface area contributed by atoms with Crippen LogP contribution < -0.4 is 0 Å². The monoisotopic (exact) mass is 333 g/mol. The summed E-state index contributed by atoms with van der Waals surface area (Å²) in [4.78, 5) is 4.32. The van der Waals surface area contributed by atoms with E-state index in [9.17, 15) is 18.3 Å². The van der Waals surface area contributed by atoms with E-state index in [4.69, 9.17) is 11.6 Å². The first kappa shape index (κ1) is 16.1. The summed E-state index contributed by atoms with van der Waals surface area (Å²) in [5.41, 5.74) is -0.404. The van der Waals surface area contributed by atoms with Gasteiger partial charge in [0, 0.05) is 10.5 Å². The first-order valence-corrected chi connectivity index (χ1v) is 7.49. The van der Waals surface area contributed by atoms with Crippen molar-refractivity contribution < 1.29 is 18.3 Å². The third kappa shape index (κ3) is 3.70. The van der Waals surface area contributed by atoms with Gasteiger partial charge in [0.05, 0.1) is 0 Å². The molecule has 1 heterocycles. The molecule has 0 aliphatic rings. The normalized spacial score (nSPS) is 13.2. The van der Waals surface area contributed by atoms with Gasteiger partial charge in [-0.05, 0) is 30.0 Å². The molecule has 7 heteroatoms. The lowest BCUT2D eigenvalue weighted by Gasteiger charge is -2.14. The molecule has 0 aliphatic heterocycles. The van der Waals surface area contributed by atoms with Crippen LogP contribution in [0.25, 0.3) is 0 Å². The van der Waals surface area contributed by atoms with Gasteiger partial charge in [0.15, 0.2) is 0 Å². The fraction of sp³-hybridized carbons (Fsp3) is 0.214. The lowest BCUT2D eigenvalue weighted by Crippen LogP contribution is -2.10. The third-order valence-electron chi connectivity index (χ3n) is 2.89. The van der Waals surface area contributed by atoms with Crippen LogP contribution in [-0.4, -0.2) is 16.3 Å². The second-order valence-electron chi connectivity index (χ2n) is 4.25. The number of hydrogen-bond acceptors (Lipinski definition) is 3. The van der Waals surface area contributed by atoms with E-state index in [0.29, 0.717) is 5.56 Å². The van der Waals surface area contributed by atoms with Crippen LogP contribution in [0.4, 0.5) is 13.2 Å². The van der Waals surface area contributed by atoms with Crippen molar-refractivity contribution in [1.82, 2.24) is 4.98 Å². The van der Waals surface area contributed by atoms with Gasteiger partial charge in [0.2, 0.25) is 0 Å². The molecule has 2 rings (SSSR count). The topological polar surface area (TPSA) is 33.1 Å². The highest BCUT2D eigenvalue weighted by Crippen LogP contribution is 2.33. The molecule has 0 radical (unpaired) electrons. The van der Waals surface area contributed by atoms with Crippen molar-refractivity contribution in [3.05, 3.63) is 58.4 Å². The van der Waals surface area contributed by atoms with Crippen LogP contribution in [0.15, 0.2) is 41.3 Å². The van der Waals surface area contributed by atoms with Gasteiger partial charge in [-0.15, -0.1) is 11.8 Å². The SMILES string of the molecule is CSc1ccc(C(O)c2ccc(C(F)(F)F)nc2Cl)cc1. The number of halogens is 4. The molecule has 0 saturated heterocycles. The highest BCUT2D eigenvalue weighted by molar-refractivity contribution is 7.98. The lowest BCUT2D eigenvalue weighted by atomic mass is 10.0. The molecule has 2 nitrogen and oxygen atoms in total. The zero-order chi connectivity index (χ0) is 15.6. The third-order valence-corrected chi connectivity index (χ3v) is 3.94. The van der Waals surface area contributed by atoms with Gasteiger partial charge in [-0.2, -0.15) is 13.2 Å². The largest absolute Gasteiger partial charge is 0.433 e. The molecule has 0 bridgehead atoms. The lowest BCUT2D eigenvalue weighted by molar-refractivity contribution is -0.141. The van der Waals surface area contributed by atoms with Crippen molar-refractivity contribution in [2.75, 3.05) is 6.26 Å². The van der Waals surface area contributed by atoms with Crippen molar-refractivity contribution in [2.45, 2.75) is 17.2 Å². The number of aromatic nitrogens is 1. The van der Waals surface area contributed by atoms with E-state index in [2.05, 4.69) is 4.98 Å². The Labute approximate surface area is 129 Å². The van der Waals surface area contributed by atoms with Crippen LogP contribution in [0.5, 0.6) is 0 Å². The van der Waals surface area contributed by atoms with E-state index in [1.165, 1.54) is 0 Å². The summed E-state index contributed by atoms with van der Waals surface area (Å²) >= 11 is 7.31. The molecule has 0 aliphatic carbocycles. The van der Waals surface area contributed by atoms with Gasteiger partial charge in [0.25, 0.3) is 0 Å². The molecule has 1 unspecified atom stereocenters. The van der Waals surface area contributed by atoms with Gasteiger partial charge in [-0.1, -0.05) is 29.8 Å². The van der Waals surface area contributed by atoms with E-state index in [1.54, 1.807) is 23.9 Å². The Morgan fingerprint density at radius 3 is 2.24 bits per heavy atom. The maximum atomic E-state index is 12.5. The molecule has 112 valence electrons. The van der Waals surface area contributed by atoms with Crippen molar-refractivity contribution in [2.24, 2.45) is 0 Å². The number of pyridine rings is 1. The second kappa shape index (κ2) is 6.25. The van der Waals surface area contributed by atoms with E-state index >= 15 is 0 Å². The number of rotatable bonds is 3. The number of aliphatic hydroxyl groups is 1. The van der Waals surface area contributed by atoms with E-state index in [1.807, 2.05) is 18.4 Å². The molecule has 21 heavy (non-hydrogen) atoms. The highest BCUT2D eigenvalue weighted by Gasteiger charge is 2.33. The Morgan fingerprint density at radius 2 is 1.76 bits per heavy atom. The van der Waals surface area contributed by atoms with Gasteiger partial charge in [-0.25, -0.2) is 4.98 Å². The number of aliphatic hydroxyl groups excluding tert-OH is 1. The Morgan fingerprint density at radius 1 is 1.14 bits per heavy atom. The van der Waals surface area contributed by atoms with Crippen LogP contribution in [0.1, 0.15) is 22.9 Å². The fourth-order valence-electron chi connectivity index (χ4n) is 1.77. The first-order valence-electron chi connectivity index (χ1n) is 5.88. The zero-order valence-electron chi connectivity index (χ0n) is 10.9. The van der Waals surface area contributed by atoms with Crippen LogP contribution in [0.2, 0.25) is 5.15 Å². The standard InChI is InChI=1S/C14H11ClF3NOS/c1-21-9-4-2-8(3-5-9)12(20)10-6-7-11(14(16,17)18)19-13(10)15/h2-7,12,20H,1H3. The summed E-state index contributed by atoms with van der Waals surface area (Å²) in [6.07, 6.45) is -3.77. The average Bonchev–Trinajstić information content (AvgIpc) is 2.45. The van der Waals surface area contributed by atoms with E-state index < -0.39 is 18.0 Å². The number of benzene rings is 1. The summed E-state index contributed by atoms with van der Waals surface area (Å²) in [5, 5.41) is 9.86. The van der Waals surface area contributed by atoms with E-state index in [0.717, 1.165) is 17.0 Å². The Balaban J connectivity index is 2.32. The summed E-state index contributed by atoms with van der Waals surface area (Å²) < 4.78 is 37.6. The Bertz CT molecular complexity index is 631. The molecule has 0 saturated carbocycles. The second-order valence-corrected chi connectivity index (χ2v) is 5.49. The van der Waals surface area contributed by atoms with E-state index in [-0.39, 0.29) is 10.7 Å². The first-order chi connectivity index (χ1) is 9.82. The quantitative estimate of drug-likeness (QED) is 0.660. The van der Waals surface area contributed by atoms with Crippen LogP contribution in [-0.2, 0) is 6.18 Å². The summed E-state index contributed by atoms with van der Waals surface area (Å²) in [6.45, 7) is 0. The number of hydrogen-bond donors (Lipinski definition) is 1. The van der Waals surface area contributed by atoms with Gasteiger partial charge >= 0.3 is 6.18 Å². The number of alkyl halides is 3. The van der Waals surface area contributed by atoms with Crippen LogP contribution >= 0.6 is 23.4 Å². The summed E-state index contributed by atoms with van der Waals surface area (Å²) in [7, 11) is 0. The molecule has 1 aromatic carbocycles. The average molecular weight is 334 g/mol. The minimum absolute atomic E-state index is 0.140. The van der Waals surface area contributed by atoms with Gasteiger partial charge < -0.3 is 5.11 Å². The predicted molar refractivity (Wildman–Crippen MR) is 76.5 cm³/mol. The van der Waals surface area contributed by atoms with Crippen molar-refractivity contribution in [3.8, 4) is 0 Å². The van der Waals surface area contributed by atoms with Crippen molar-refractivity contribution in [1.29, 1.82) is 0 Å². The number of nitrogens with zero attached hydrogens (tertiary/aromatic N) is 1. The van der Waals surface area contributed by atoms with Gasteiger partial charge in [-0.3, -0.25) is 0 Å². The smallest absolute Gasteiger partial charge is 0.384 e. The van der Waals surface area contributed by atoms with Crippen molar-refractivity contribution >= 4 is 23.4 Å². The molecule has 1 atom stereocenters. The zero-order valence-corrected chi connectivity index (χ0v) is 12.4. The molecule has 1 aromatic heterocycles. The summed E-state index contributed by atoms with van der Waals surface area (Å²) in [6, 6.07) is 8.98. The minimum atomic E-state index is -4.56. The fourth-order valence-corrected chi connectivity index (χ4v) is 2.44. The predicted octanol–water partition coefficient (Wildman–Crippen LogP) is 4.56. The summed E-state index contributed by atoms with van der Waals surface area (Å²) in [5.74, 6) is 0. The molecular weight excluding hydrogens is 323 g/mol. The Kier molecular flexibility index (Phi) is 4.81. The molecule has 0 amide bonds.